The molecule has 0 heterocycles. The van der Waals surface area contributed by atoms with Crippen LogP contribution in [0.2, 0.25) is 0 Å². The van der Waals surface area contributed by atoms with E-state index in [9.17, 15) is 14.5 Å². The summed E-state index contributed by atoms with van der Waals surface area (Å²) in [5.74, 6) is -0.652. The second kappa shape index (κ2) is 4.33. The van der Waals surface area contributed by atoms with Crippen LogP contribution in [-0.2, 0) is 5.54 Å². The number of aliphatic hydroxyl groups is 2. The van der Waals surface area contributed by atoms with Gasteiger partial charge in [0, 0.05) is 10.5 Å². The standard InChI is InChI=1S/C9H10FNO4/c10-8-3-1-2-7(4-8)9(5-12,6-13)11(14)15/h1-4,12-13H,5-6H2. The molecule has 0 unspecified atom stereocenters. The van der Waals surface area contributed by atoms with Crippen LogP contribution in [0.25, 0.3) is 0 Å². The van der Waals surface area contributed by atoms with Gasteiger partial charge in [-0.2, -0.15) is 0 Å². The summed E-state index contributed by atoms with van der Waals surface area (Å²) in [6.07, 6.45) is 0. The molecule has 0 aliphatic heterocycles. The molecule has 0 amide bonds. The maximum Gasteiger partial charge on any atom is 0.292 e. The second-order valence-corrected chi connectivity index (χ2v) is 3.12. The van der Waals surface area contributed by atoms with Gasteiger partial charge < -0.3 is 10.2 Å². The summed E-state index contributed by atoms with van der Waals surface area (Å²) in [7, 11) is 0. The smallest absolute Gasteiger partial charge is 0.292 e. The van der Waals surface area contributed by atoms with Crippen molar-refractivity contribution < 1.29 is 19.5 Å². The Hall–Kier alpha value is -1.53. The largest absolute Gasteiger partial charge is 0.388 e. The van der Waals surface area contributed by atoms with Crippen LogP contribution in [0.4, 0.5) is 4.39 Å². The third kappa shape index (κ3) is 1.95. The topological polar surface area (TPSA) is 83.6 Å². The molecule has 2 N–H and O–H groups in total. The number of nitro groups is 1. The molecule has 0 atom stereocenters. The maximum absolute atomic E-state index is 12.8. The fraction of sp³-hybridized carbons (Fsp3) is 0.333. The number of benzene rings is 1. The van der Waals surface area contributed by atoms with Gasteiger partial charge in [0.2, 0.25) is 0 Å². The average Bonchev–Trinajstić information content (AvgIpc) is 2.20. The molecular weight excluding hydrogens is 205 g/mol. The summed E-state index contributed by atoms with van der Waals surface area (Å²) in [5, 5.41) is 28.7. The van der Waals surface area contributed by atoms with Gasteiger partial charge in [-0.05, 0) is 12.1 Å². The van der Waals surface area contributed by atoms with Gasteiger partial charge in [0.25, 0.3) is 5.54 Å². The van der Waals surface area contributed by atoms with Gasteiger partial charge in [-0.15, -0.1) is 0 Å². The highest BCUT2D eigenvalue weighted by Crippen LogP contribution is 2.24. The molecule has 0 aliphatic carbocycles. The van der Waals surface area contributed by atoms with Crippen molar-refractivity contribution in [1.29, 1.82) is 0 Å². The highest BCUT2D eigenvalue weighted by molar-refractivity contribution is 5.23. The molecule has 0 saturated carbocycles. The molecular formula is C9H10FNO4. The van der Waals surface area contributed by atoms with E-state index in [1.807, 2.05) is 0 Å². The van der Waals surface area contributed by atoms with Crippen LogP contribution in [0.1, 0.15) is 5.56 Å². The number of halogens is 1. The van der Waals surface area contributed by atoms with E-state index in [0.717, 1.165) is 12.1 Å². The number of hydrogen-bond acceptors (Lipinski definition) is 4. The minimum Gasteiger partial charge on any atom is -0.388 e. The Labute approximate surface area is 84.9 Å². The highest BCUT2D eigenvalue weighted by Gasteiger charge is 2.44. The van der Waals surface area contributed by atoms with Crippen molar-refractivity contribution in [2.75, 3.05) is 13.2 Å². The first-order valence-corrected chi connectivity index (χ1v) is 4.19. The number of hydrogen-bond donors (Lipinski definition) is 2. The van der Waals surface area contributed by atoms with E-state index in [1.54, 1.807) is 0 Å². The summed E-state index contributed by atoms with van der Waals surface area (Å²) >= 11 is 0. The molecule has 1 aromatic rings. The van der Waals surface area contributed by atoms with E-state index in [0.29, 0.717) is 0 Å². The number of nitrogens with zero attached hydrogens (tertiary/aromatic N) is 1. The predicted octanol–water partition coefficient (Wildman–Crippen LogP) is 0.282. The van der Waals surface area contributed by atoms with Gasteiger partial charge in [-0.25, -0.2) is 4.39 Å². The minimum absolute atomic E-state index is 0.0579. The first-order valence-electron chi connectivity index (χ1n) is 4.19. The molecule has 0 saturated heterocycles. The van der Waals surface area contributed by atoms with Gasteiger partial charge >= 0.3 is 0 Å². The molecule has 15 heavy (non-hydrogen) atoms. The zero-order valence-corrected chi connectivity index (χ0v) is 7.76. The van der Waals surface area contributed by atoms with E-state index < -0.39 is 29.5 Å². The third-order valence-electron chi connectivity index (χ3n) is 2.23. The molecule has 0 bridgehead atoms. The highest BCUT2D eigenvalue weighted by atomic mass is 19.1. The lowest BCUT2D eigenvalue weighted by Gasteiger charge is -2.20. The summed E-state index contributed by atoms with van der Waals surface area (Å²) in [6, 6.07) is 4.63. The van der Waals surface area contributed by atoms with E-state index >= 15 is 0 Å². The average molecular weight is 215 g/mol. The van der Waals surface area contributed by atoms with Gasteiger partial charge in [-0.3, -0.25) is 10.1 Å². The van der Waals surface area contributed by atoms with Crippen molar-refractivity contribution in [2.24, 2.45) is 0 Å². The molecule has 0 radical (unpaired) electrons. The first kappa shape index (κ1) is 11.5. The lowest BCUT2D eigenvalue weighted by Crippen LogP contribution is -2.42. The fourth-order valence-electron chi connectivity index (χ4n) is 1.23. The van der Waals surface area contributed by atoms with Gasteiger partial charge in [0.1, 0.15) is 19.0 Å². The van der Waals surface area contributed by atoms with Crippen LogP contribution in [0.15, 0.2) is 24.3 Å². The fourth-order valence-corrected chi connectivity index (χ4v) is 1.23. The first-order chi connectivity index (χ1) is 7.06. The Morgan fingerprint density at radius 2 is 2.00 bits per heavy atom. The van der Waals surface area contributed by atoms with Crippen LogP contribution in [0, 0.1) is 15.9 Å². The Balaban J connectivity index is 3.26. The van der Waals surface area contributed by atoms with Gasteiger partial charge in [-0.1, -0.05) is 12.1 Å². The maximum atomic E-state index is 12.8. The van der Waals surface area contributed by atoms with E-state index in [4.69, 9.17) is 10.2 Å². The molecule has 0 fully saturated rings. The van der Waals surface area contributed by atoms with Crippen LogP contribution in [0.3, 0.4) is 0 Å². The van der Waals surface area contributed by atoms with Crippen molar-refractivity contribution in [1.82, 2.24) is 0 Å². The quantitative estimate of drug-likeness (QED) is 0.558. The van der Waals surface area contributed by atoms with E-state index in [2.05, 4.69) is 0 Å². The molecule has 0 spiro atoms. The van der Waals surface area contributed by atoms with E-state index in [1.165, 1.54) is 12.1 Å². The third-order valence-corrected chi connectivity index (χ3v) is 2.23. The van der Waals surface area contributed by atoms with Gasteiger partial charge in [0.05, 0.1) is 0 Å². The molecule has 5 nitrogen and oxygen atoms in total. The lowest BCUT2D eigenvalue weighted by molar-refractivity contribution is -0.586. The lowest BCUT2D eigenvalue weighted by atomic mass is 9.92. The number of rotatable bonds is 4. The minimum atomic E-state index is -2.04. The zero-order chi connectivity index (χ0) is 11.5. The molecule has 0 aliphatic rings. The molecule has 1 aromatic carbocycles. The Morgan fingerprint density at radius 1 is 1.40 bits per heavy atom. The summed E-state index contributed by atoms with van der Waals surface area (Å²) in [4.78, 5) is 9.94. The van der Waals surface area contributed by atoms with Crippen molar-refractivity contribution in [3.8, 4) is 0 Å². The van der Waals surface area contributed by atoms with Crippen LogP contribution >= 0.6 is 0 Å². The summed E-state index contributed by atoms with van der Waals surface area (Å²) < 4.78 is 12.8. The second-order valence-electron chi connectivity index (χ2n) is 3.12. The normalized spacial score (nSPS) is 11.4. The van der Waals surface area contributed by atoms with Crippen molar-refractivity contribution in [3.63, 3.8) is 0 Å². The van der Waals surface area contributed by atoms with Crippen molar-refractivity contribution in [2.45, 2.75) is 5.54 Å². The van der Waals surface area contributed by atoms with Crippen LogP contribution in [0.5, 0.6) is 0 Å². The van der Waals surface area contributed by atoms with Crippen molar-refractivity contribution >= 4 is 0 Å². The Morgan fingerprint density at radius 3 is 2.40 bits per heavy atom. The zero-order valence-electron chi connectivity index (χ0n) is 7.76. The van der Waals surface area contributed by atoms with Crippen LogP contribution in [-0.4, -0.2) is 28.4 Å². The van der Waals surface area contributed by atoms with Crippen LogP contribution < -0.4 is 0 Å². The SMILES string of the molecule is O=[N+]([O-])C(CO)(CO)c1cccc(F)c1. The van der Waals surface area contributed by atoms with Gasteiger partial charge in [0.15, 0.2) is 0 Å². The monoisotopic (exact) mass is 215 g/mol. The Kier molecular flexibility index (Phi) is 3.33. The van der Waals surface area contributed by atoms with E-state index in [-0.39, 0.29) is 5.56 Å². The summed E-state index contributed by atoms with van der Waals surface area (Å²) in [6.45, 7) is -1.78. The summed E-state index contributed by atoms with van der Waals surface area (Å²) in [5.41, 5.74) is -2.10. The number of aliphatic hydroxyl groups excluding tert-OH is 2. The predicted molar refractivity (Wildman–Crippen MR) is 49.2 cm³/mol. The molecule has 1 rings (SSSR count). The molecule has 6 heteroatoms. The Bertz CT molecular complexity index is 365. The molecule has 0 aromatic heterocycles. The van der Waals surface area contributed by atoms with Crippen molar-refractivity contribution in [3.05, 3.63) is 45.8 Å². The molecule has 82 valence electrons.